The maximum Gasteiger partial charge on any atom is 0.260 e. The number of pyridine rings is 1. The Morgan fingerprint density at radius 2 is 2.21 bits per heavy atom. The van der Waals surface area contributed by atoms with Crippen LogP contribution in [0.5, 0.6) is 0 Å². The van der Waals surface area contributed by atoms with Crippen LogP contribution in [0.4, 0.5) is 10.1 Å². The average Bonchev–Trinajstić information content (AvgIpc) is 2.75. The van der Waals surface area contributed by atoms with E-state index in [9.17, 15) is 14.0 Å². The first-order valence-corrected chi connectivity index (χ1v) is 11.1. The summed E-state index contributed by atoms with van der Waals surface area (Å²) in [5.74, 6) is -1.55. The highest BCUT2D eigenvalue weighted by Crippen LogP contribution is 2.38. The van der Waals surface area contributed by atoms with Gasteiger partial charge in [0.15, 0.2) is 5.96 Å². The highest BCUT2D eigenvalue weighted by molar-refractivity contribution is 6.35. The van der Waals surface area contributed by atoms with Crippen molar-refractivity contribution in [3.8, 4) is 0 Å². The lowest BCUT2D eigenvalue weighted by Gasteiger charge is -2.45. The second-order valence-corrected chi connectivity index (χ2v) is 8.96. The number of carbonyl (C=O) groups is 2. The Balaban J connectivity index is 1.57. The topological polar surface area (TPSA) is 107 Å². The van der Waals surface area contributed by atoms with Crippen molar-refractivity contribution in [2.24, 2.45) is 0 Å². The number of nitrogens with one attached hydrogen (secondary N) is 3. The molecule has 0 radical (unpaired) electrons. The molecule has 174 valence electrons. The molecule has 2 amide bonds. The molecule has 2 fully saturated rings. The minimum Gasteiger partial charge on any atom is -0.378 e. The van der Waals surface area contributed by atoms with Gasteiger partial charge in [-0.05, 0) is 44.4 Å². The summed E-state index contributed by atoms with van der Waals surface area (Å²) in [5, 5.41) is 14.5. The third-order valence-corrected chi connectivity index (χ3v) is 6.49. The van der Waals surface area contributed by atoms with E-state index in [0.29, 0.717) is 25.0 Å². The van der Waals surface area contributed by atoms with Crippen LogP contribution in [0.3, 0.4) is 0 Å². The van der Waals surface area contributed by atoms with Crippen molar-refractivity contribution >= 4 is 35.1 Å². The Hall–Kier alpha value is -3.04. The maximum atomic E-state index is 14.0. The fourth-order valence-electron chi connectivity index (χ4n) is 4.42. The SMILES string of the molecule is C[C@@H]1C[C@H](N2C(=N)N[C@](C)(c3cccc(NC(=O)c4cnccc4F)c3Cl)CC2=O)CCO1. The zero-order valence-electron chi connectivity index (χ0n) is 18.3. The fraction of sp³-hybridized carbons (Fsp3) is 0.391. The smallest absolute Gasteiger partial charge is 0.260 e. The van der Waals surface area contributed by atoms with E-state index in [1.54, 1.807) is 25.1 Å². The van der Waals surface area contributed by atoms with Gasteiger partial charge in [-0.15, -0.1) is 0 Å². The number of nitrogens with zero attached hydrogens (tertiary/aromatic N) is 2. The van der Waals surface area contributed by atoms with Crippen molar-refractivity contribution in [2.75, 3.05) is 11.9 Å². The van der Waals surface area contributed by atoms with E-state index < -0.39 is 17.3 Å². The number of ether oxygens (including phenoxy) is 1. The van der Waals surface area contributed by atoms with E-state index in [4.69, 9.17) is 21.7 Å². The van der Waals surface area contributed by atoms with Crippen LogP contribution < -0.4 is 10.6 Å². The molecular weight excluding hydrogens is 449 g/mol. The highest BCUT2D eigenvalue weighted by atomic mass is 35.5. The summed E-state index contributed by atoms with van der Waals surface area (Å²) in [4.78, 5) is 31.0. The van der Waals surface area contributed by atoms with Crippen LogP contribution in [0.2, 0.25) is 5.02 Å². The van der Waals surface area contributed by atoms with Gasteiger partial charge in [0.2, 0.25) is 5.91 Å². The molecule has 0 saturated carbocycles. The van der Waals surface area contributed by atoms with E-state index in [-0.39, 0.29) is 46.7 Å². The van der Waals surface area contributed by atoms with Gasteiger partial charge in [0, 0.05) is 25.0 Å². The van der Waals surface area contributed by atoms with Gasteiger partial charge >= 0.3 is 0 Å². The first-order valence-electron chi connectivity index (χ1n) is 10.7. The monoisotopic (exact) mass is 473 g/mol. The lowest BCUT2D eigenvalue weighted by Crippen LogP contribution is -2.63. The summed E-state index contributed by atoms with van der Waals surface area (Å²) in [6.07, 6.45) is 3.83. The van der Waals surface area contributed by atoms with Crippen LogP contribution in [0.1, 0.15) is 49.0 Å². The van der Waals surface area contributed by atoms with Gasteiger partial charge in [-0.25, -0.2) is 4.39 Å². The number of anilines is 1. The Bertz CT molecular complexity index is 1090. The first kappa shape index (κ1) is 23.1. The molecular formula is C23H25ClFN5O3. The molecule has 0 spiro atoms. The third-order valence-electron chi connectivity index (χ3n) is 6.09. The van der Waals surface area contributed by atoms with Crippen molar-refractivity contribution in [2.45, 2.75) is 50.8 Å². The molecule has 4 rings (SSSR count). The molecule has 33 heavy (non-hydrogen) atoms. The predicted octanol–water partition coefficient (Wildman–Crippen LogP) is 3.67. The fourth-order valence-corrected chi connectivity index (χ4v) is 4.81. The number of amides is 2. The molecule has 0 aliphatic carbocycles. The van der Waals surface area contributed by atoms with E-state index in [0.717, 1.165) is 12.3 Å². The highest BCUT2D eigenvalue weighted by Gasteiger charge is 2.43. The molecule has 2 aliphatic rings. The molecule has 8 nitrogen and oxygen atoms in total. The van der Waals surface area contributed by atoms with Crippen LogP contribution in [0, 0.1) is 11.2 Å². The zero-order chi connectivity index (χ0) is 23.8. The Morgan fingerprint density at radius 1 is 1.42 bits per heavy atom. The maximum absolute atomic E-state index is 14.0. The largest absolute Gasteiger partial charge is 0.378 e. The Labute approximate surface area is 196 Å². The van der Waals surface area contributed by atoms with Gasteiger partial charge in [0.25, 0.3) is 5.91 Å². The minimum atomic E-state index is -0.960. The molecule has 3 N–H and O–H groups in total. The average molecular weight is 474 g/mol. The van der Waals surface area contributed by atoms with Crippen LogP contribution in [0.15, 0.2) is 36.7 Å². The molecule has 1 aromatic heterocycles. The number of carbonyl (C=O) groups excluding carboxylic acids is 2. The number of benzene rings is 1. The van der Waals surface area contributed by atoms with Crippen LogP contribution in [-0.4, -0.2) is 46.4 Å². The Kier molecular flexibility index (Phi) is 6.36. The van der Waals surface area contributed by atoms with E-state index >= 15 is 0 Å². The summed E-state index contributed by atoms with van der Waals surface area (Å²) in [7, 11) is 0. The van der Waals surface area contributed by atoms with Crippen molar-refractivity contribution in [1.29, 1.82) is 5.41 Å². The standard InChI is InChI=1S/C23H25ClFN5O3/c1-13-10-14(7-9-33-13)30-19(31)11-23(2,29-22(30)26)16-4-3-5-18(20(16)24)28-21(32)15-12-27-8-6-17(15)25/h3-6,8,12-14H,7,9-11H2,1-2H3,(H2,26,29)(H,28,32)/t13-,14-,23+/m1/s1. The molecule has 2 saturated heterocycles. The summed E-state index contributed by atoms with van der Waals surface area (Å²) in [6.45, 7) is 4.29. The van der Waals surface area contributed by atoms with Crippen LogP contribution >= 0.6 is 11.6 Å². The van der Waals surface area contributed by atoms with Gasteiger partial charge in [0.05, 0.1) is 34.3 Å². The molecule has 3 atom stereocenters. The predicted molar refractivity (Wildman–Crippen MR) is 122 cm³/mol. The lowest BCUT2D eigenvalue weighted by atomic mass is 9.85. The summed E-state index contributed by atoms with van der Waals surface area (Å²) < 4.78 is 19.5. The normalized spacial score (nSPS) is 25.5. The Morgan fingerprint density at radius 3 is 2.91 bits per heavy atom. The zero-order valence-corrected chi connectivity index (χ0v) is 19.1. The summed E-state index contributed by atoms with van der Waals surface area (Å²) in [6, 6.07) is 6.02. The molecule has 2 aromatic rings. The van der Waals surface area contributed by atoms with Crippen molar-refractivity contribution in [3.63, 3.8) is 0 Å². The van der Waals surface area contributed by atoms with Crippen LogP contribution in [0.25, 0.3) is 0 Å². The number of guanidine groups is 1. The van der Waals surface area contributed by atoms with Crippen molar-refractivity contribution in [1.82, 2.24) is 15.2 Å². The quantitative estimate of drug-likeness (QED) is 0.628. The number of aromatic nitrogens is 1. The third kappa shape index (κ3) is 4.56. The molecule has 0 bridgehead atoms. The van der Waals surface area contributed by atoms with Crippen molar-refractivity contribution in [3.05, 3.63) is 58.6 Å². The van der Waals surface area contributed by atoms with Gasteiger partial charge in [0.1, 0.15) is 5.82 Å². The molecule has 10 heteroatoms. The van der Waals surface area contributed by atoms with Crippen molar-refractivity contribution < 1.29 is 18.7 Å². The second-order valence-electron chi connectivity index (χ2n) is 8.58. The van der Waals surface area contributed by atoms with Crippen LogP contribution in [-0.2, 0) is 15.1 Å². The van der Waals surface area contributed by atoms with E-state index in [1.807, 2.05) is 6.92 Å². The molecule has 0 unspecified atom stereocenters. The molecule has 3 heterocycles. The lowest BCUT2D eigenvalue weighted by molar-refractivity contribution is -0.134. The minimum absolute atomic E-state index is 0.00999. The summed E-state index contributed by atoms with van der Waals surface area (Å²) >= 11 is 6.63. The van der Waals surface area contributed by atoms with Gasteiger partial charge in [-0.1, -0.05) is 23.7 Å². The molecule has 1 aromatic carbocycles. The van der Waals surface area contributed by atoms with Gasteiger partial charge < -0.3 is 15.4 Å². The second kappa shape index (κ2) is 9.07. The van der Waals surface area contributed by atoms with Gasteiger partial charge in [-0.3, -0.25) is 24.9 Å². The van der Waals surface area contributed by atoms with E-state index in [1.165, 1.54) is 11.1 Å². The number of hydrogen-bond donors (Lipinski definition) is 3. The number of rotatable bonds is 4. The number of halogens is 2. The summed E-state index contributed by atoms with van der Waals surface area (Å²) in [5.41, 5.74) is -0.352. The van der Waals surface area contributed by atoms with E-state index in [2.05, 4.69) is 15.6 Å². The molecule has 2 aliphatic heterocycles. The number of hydrogen-bond acceptors (Lipinski definition) is 5. The van der Waals surface area contributed by atoms with Gasteiger partial charge in [-0.2, -0.15) is 0 Å². The first-order chi connectivity index (χ1) is 15.7.